The Morgan fingerprint density at radius 3 is 2.69 bits per heavy atom. The minimum absolute atomic E-state index is 0.153. The molecule has 0 N–H and O–H groups in total. The van der Waals surface area contributed by atoms with Crippen LogP contribution in [0.3, 0.4) is 0 Å². The van der Waals surface area contributed by atoms with Crippen LogP contribution in [0.2, 0.25) is 0 Å². The normalized spacial score (nSPS) is 18.9. The number of nitrogens with zero attached hydrogens (tertiary/aromatic N) is 4. The lowest BCUT2D eigenvalue weighted by Crippen LogP contribution is -2.43. The number of fused-ring (bicyclic) bond motifs is 1. The van der Waals surface area contributed by atoms with E-state index in [1.165, 1.54) is 35.4 Å². The van der Waals surface area contributed by atoms with Crippen molar-refractivity contribution in [1.29, 1.82) is 0 Å². The topological polar surface area (TPSA) is 86.4 Å². The molecule has 8 nitrogen and oxygen atoms in total. The van der Waals surface area contributed by atoms with Gasteiger partial charge < -0.3 is 0 Å². The highest BCUT2D eigenvalue weighted by Gasteiger charge is 2.35. The van der Waals surface area contributed by atoms with Gasteiger partial charge in [-0.3, -0.25) is 23.6 Å². The summed E-state index contributed by atoms with van der Waals surface area (Å²) in [6.07, 6.45) is 3.00. The summed E-state index contributed by atoms with van der Waals surface area (Å²) in [5, 5.41) is 1.95. The maximum Gasteiger partial charge on any atom is 0.331 e. The molecule has 0 radical (unpaired) electrons. The predicted octanol–water partition coefficient (Wildman–Crippen LogP) is 2.79. The molecule has 2 aliphatic heterocycles. The van der Waals surface area contributed by atoms with Crippen LogP contribution in [0.15, 0.2) is 26.4 Å². The lowest BCUT2D eigenvalue weighted by atomic mass is 9.94. The van der Waals surface area contributed by atoms with Crippen molar-refractivity contribution >= 4 is 34.8 Å². The summed E-state index contributed by atoms with van der Waals surface area (Å²) in [5.41, 5.74) is 1.82. The van der Waals surface area contributed by atoms with Gasteiger partial charge in [-0.2, -0.15) is 0 Å². The summed E-state index contributed by atoms with van der Waals surface area (Å²) in [4.78, 5) is 47.0. The predicted molar refractivity (Wildman–Crippen MR) is 126 cm³/mol. The molecule has 1 atom stereocenters. The third-order valence-corrected chi connectivity index (χ3v) is 7.72. The molecule has 0 bridgehead atoms. The molecule has 172 valence electrons. The molecule has 1 fully saturated rings. The molecule has 32 heavy (non-hydrogen) atoms. The minimum Gasteiger partial charge on any atom is -0.285 e. The Balaban J connectivity index is 1.99. The van der Waals surface area contributed by atoms with E-state index in [0.717, 1.165) is 20.6 Å². The molecule has 4 heterocycles. The third-order valence-electron chi connectivity index (χ3n) is 5.89. The van der Waals surface area contributed by atoms with E-state index >= 15 is 0 Å². The van der Waals surface area contributed by atoms with Crippen molar-refractivity contribution in [2.24, 2.45) is 13.0 Å². The number of aromatic nitrogens is 3. The number of hydrogen-bond donors (Lipinski definition) is 0. The van der Waals surface area contributed by atoms with Crippen LogP contribution in [0, 0.1) is 12.8 Å². The average molecular weight is 477 g/mol. The Labute approximate surface area is 195 Å². The molecule has 0 spiro atoms. The summed E-state index contributed by atoms with van der Waals surface area (Å²) in [5.74, 6) is 0.588. The van der Waals surface area contributed by atoms with Gasteiger partial charge in [0.1, 0.15) is 0 Å². The van der Waals surface area contributed by atoms with Crippen LogP contribution in [-0.2, 0) is 23.1 Å². The summed E-state index contributed by atoms with van der Waals surface area (Å²) in [6, 6.07) is -0.153. The Morgan fingerprint density at radius 1 is 1.34 bits per heavy atom. The number of carbonyl (C=O) groups is 1. The first kappa shape index (κ1) is 23.0. The maximum absolute atomic E-state index is 13.8. The fourth-order valence-electron chi connectivity index (χ4n) is 4.12. The van der Waals surface area contributed by atoms with Crippen LogP contribution in [0.1, 0.15) is 49.2 Å². The molecule has 1 unspecified atom stereocenters. The molecule has 0 aliphatic carbocycles. The van der Waals surface area contributed by atoms with Crippen LogP contribution < -0.4 is 11.2 Å². The van der Waals surface area contributed by atoms with Gasteiger partial charge in [-0.25, -0.2) is 14.2 Å². The molecular formula is C22H28N4O4S2. The van der Waals surface area contributed by atoms with Crippen molar-refractivity contribution in [2.45, 2.75) is 51.6 Å². The van der Waals surface area contributed by atoms with Crippen LogP contribution in [0.25, 0.3) is 5.57 Å². The van der Waals surface area contributed by atoms with Crippen molar-refractivity contribution in [1.82, 2.24) is 18.6 Å². The number of thioether (sulfide) groups is 1. The van der Waals surface area contributed by atoms with Gasteiger partial charge in [0.25, 0.3) is 11.5 Å². The van der Waals surface area contributed by atoms with Crippen LogP contribution in [-0.4, -0.2) is 43.4 Å². The quantitative estimate of drug-likeness (QED) is 0.631. The summed E-state index contributed by atoms with van der Waals surface area (Å²) in [6.45, 7) is 8.80. The first-order chi connectivity index (χ1) is 15.2. The number of aryl methyl sites for hydroxylation is 1. The number of allylic oxidation sites excluding steroid dienone is 1. The summed E-state index contributed by atoms with van der Waals surface area (Å²) < 4.78 is 7.01. The van der Waals surface area contributed by atoms with E-state index in [-0.39, 0.29) is 23.6 Å². The Bertz CT molecular complexity index is 1210. The highest BCUT2D eigenvalue weighted by atomic mass is 32.2. The summed E-state index contributed by atoms with van der Waals surface area (Å²) in [7, 11) is 1.47. The lowest BCUT2D eigenvalue weighted by molar-refractivity contribution is -0.161. The first-order valence-corrected chi connectivity index (χ1v) is 12.5. The number of carbonyl (C=O) groups excluding carboxylic acids is 1. The maximum atomic E-state index is 13.8. The fraction of sp³-hybridized carbons (Fsp3) is 0.545. The van der Waals surface area contributed by atoms with Crippen LogP contribution in [0.5, 0.6) is 0 Å². The molecule has 2 aromatic rings. The van der Waals surface area contributed by atoms with Gasteiger partial charge >= 0.3 is 5.69 Å². The van der Waals surface area contributed by atoms with Gasteiger partial charge in [0, 0.05) is 35.8 Å². The number of amides is 1. The van der Waals surface area contributed by atoms with E-state index in [9.17, 15) is 14.4 Å². The summed E-state index contributed by atoms with van der Waals surface area (Å²) >= 11 is 2.89. The zero-order chi connectivity index (χ0) is 23.2. The van der Waals surface area contributed by atoms with Crippen molar-refractivity contribution in [3.63, 3.8) is 0 Å². The Hall–Kier alpha value is -2.17. The number of rotatable bonds is 4. The highest BCUT2D eigenvalue weighted by molar-refractivity contribution is 7.99. The second-order valence-corrected chi connectivity index (χ2v) is 10.8. The van der Waals surface area contributed by atoms with Crippen molar-refractivity contribution in [3.8, 4) is 0 Å². The molecule has 10 heteroatoms. The van der Waals surface area contributed by atoms with E-state index in [1.54, 1.807) is 4.57 Å². The Kier molecular flexibility index (Phi) is 6.46. The molecule has 0 saturated carbocycles. The van der Waals surface area contributed by atoms with E-state index in [2.05, 4.69) is 4.37 Å². The molecule has 1 amide bonds. The second-order valence-electron chi connectivity index (χ2n) is 8.72. The van der Waals surface area contributed by atoms with E-state index in [4.69, 9.17) is 4.84 Å². The average Bonchev–Trinajstić information content (AvgIpc) is 3.30. The van der Waals surface area contributed by atoms with Crippen molar-refractivity contribution < 1.29 is 9.63 Å². The van der Waals surface area contributed by atoms with Crippen LogP contribution >= 0.6 is 23.3 Å². The minimum atomic E-state index is -0.440. The fourth-order valence-corrected chi connectivity index (χ4v) is 6.01. The zero-order valence-corrected chi connectivity index (χ0v) is 20.6. The molecule has 2 aromatic heterocycles. The monoisotopic (exact) mass is 476 g/mol. The smallest absolute Gasteiger partial charge is 0.285 e. The number of hydrogen-bond acceptors (Lipinski definition) is 7. The standard InChI is InChI=1S/C22H28N4O4S2/c1-12(2)26-21-18(19(27)24(5)22(26)29)17(20(28)25-10-13(3)11-30-25)15(6-7-31-21)8-16-9-23-32-14(16)4/h9,12-13H,6-8,10-11H2,1-5H3. The molecule has 0 aromatic carbocycles. The largest absolute Gasteiger partial charge is 0.331 e. The van der Waals surface area contributed by atoms with Crippen molar-refractivity contribution in [3.05, 3.63) is 48.6 Å². The van der Waals surface area contributed by atoms with Crippen molar-refractivity contribution in [2.75, 3.05) is 18.9 Å². The third kappa shape index (κ3) is 3.99. The van der Waals surface area contributed by atoms with Gasteiger partial charge in [-0.1, -0.05) is 12.5 Å². The van der Waals surface area contributed by atoms with Gasteiger partial charge in [0.15, 0.2) is 0 Å². The van der Waals surface area contributed by atoms with Crippen LogP contribution in [0.4, 0.5) is 0 Å². The van der Waals surface area contributed by atoms with Gasteiger partial charge in [-0.05, 0) is 50.7 Å². The van der Waals surface area contributed by atoms with Gasteiger partial charge in [0.2, 0.25) is 0 Å². The zero-order valence-electron chi connectivity index (χ0n) is 19.0. The SMILES string of the molecule is Cc1sncc1CC1=C(C(=O)N2CC(C)CO2)c2c(n(C(C)C)c(=O)n(C)c2=O)SCC1. The first-order valence-electron chi connectivity index (χ1n) is 10.8. The van der Waals surface area contributed by atoms with Gasteiger partial charge in [0.05, 0.1) is 29.3 Å². The highest BCUT2D eigenvalue weighted by Crippen LogP contribution is 2.37. The van der Waals surface area contributed by atoms with E-state index in [1.807, 2.05) is 33.9 Å². The van der Waals surface area contributed by atoms with E-state index < -0.39 is 5.56 Å². The van der Waals surface area contributed by atoms with Gasteiger partial charge in [-0.15, -0.1) is 11.8 Å². The Morgan fingerprint density at radius 2 is 2.09 bits per heavy atom. The number of hydroxylamine groups is 2. The van der Waals surface area contributed by atoms with E-state index in [0.29, 0.717) is 47.9 Å². The second kappa shape index (κ2) is 8.99. The molecule has 2 aliphatic rings. The molecule has 4 rings (SSSR count). The molecule has 1 saturated heterocycles. The lowest BCUT2D eigenvalue weighted by Gasteiger charge is -2.22. The molecular weight excluding hydrogens is 448 g/mol.